The lowest BCUT2D eigenvalue weighted by Crippen LogP contribution is -2.14. The molecule has 0 saturated heterocycles. The number of hydrogen-bond donors (Lipinski definition) is 1. The zero-order chi connectivity index (χ0) is 15.6. The minimum atomic E-state index is -3.84. The minimum Gasteiger partial charge on any atom is -0.278 e. The normalized spacial score (nSPS) is 11.0. The molecule has 2 aromatic carbocycles. The van der Waals surface area contributed by atoms with E-state index < -0.39 is 10.0 Å². The third kappa shape index (κ3) is 2.50. The molecule has 1 heterocycles. The highest BCUT2D eigenvalue weighted by atomic mass is 32.2. The molecule has 108 valence electrons. The van der Waals surface area contributed by atoms with Gasteiger partial charge in [0.05, 0.1) is 16.8 Å². The standard InChI is InChI=1S/C16H11N3O2S/c17-11-13-5-1-2-8-14(13)19-22(20,21)15-9-3-6-12-7-4-10-18-16(12)15/h1-10,19H. The molecule has 0 aliphatic carbocycles. The van der Waals surface area contributed by atoms with Crippen LogP contribution in [0.2, 0.25) is 0 Å². The van der Waals surface area contributed by atoms with Crippen LogP contribution < -0.4 is 4.72 Å². The summed E-state index contributed by atoms with van der Waals surface area (Å²) in [6, 6.07) is 16.9. The number of pyridine rings is 1. The van der Waals surface area contributed by atoms with Gasteiger partial charge in [-0.25, -0.2) is 8.42 Å². The van der Waals surface area contributed by atoms with E-state index >= 15 is 0 Å². The van der Waals surface area contributed by atoms with Crippen molar-refractivity contribution < 1.29 is 8.42 Å². The number of fused-ring (bicyclic) bond motifs is 1. The zero-order valence-corrected chi connectivity index (χ0v) is 12.2. The number of para-hydroxylation sites is 2. The molecule has 0 amide bonds. The molecule has 0 aliphatic rings. The van der Waals surface area contributed by atoms with Gasteiger partial charge in [0.1, 0.15) is 11.0 Å². The lowest BCUT2D eigenvalue weighted by atomic mass is 10.2. The van der Waals surface area contributed by atoms with Crippen molar-refractivity contribution in [3.05, 3.63) is 66.4 Å². The highest BCUT2D eigenvalue weighted by molar-refractivity contribution is 7.93. The maximum absolute atomic E-state index is 12.6. The number of aromatic nitrogens is 1. The number of anilines is 1. The molecule has 1 N–H and O–H groups in total. The molecule has 0 atom stereocenters. The van der Waals surface area contributed by atoms with Crippen LogP contribution in [0.25, 0.3) is 10.9 Å². The smallest absolute Gasteiger partial charge is 0.264 e. The summed E-state index contributed by atoms with van der Waals surface area (Å²) >= 11 is 0. The third-order valence-corrected chi connectivity index (χ3v) is 4.57. The largest absolute Gasteiger partial charge is 0.278 e. The van der Waals surface area contributed by atoms with Crippen LogP contribution in [-0.4, -0.2) is 13.4 Å². The molecule has 6 heteroatoms. The van der Waals surface area contributed by atoms with Gasteiger partial charge in [0.25, 0.3) is 10.0 Å². The van der Waals surface area contributed by atoms with Crippen LogP contribution in [0.4, 0.5) is 5.69 Å². The third-order valence-electron chi connectivity index (χ3n) is 3.18. The van der Waals surface area contributed by atoms with Gasteiger partial charge < -0.3 is 0 Å². The average Bonchev–Trinajstić information content (AvgIpc) is 2.54. The maximum atomic E-state index is 12.6. The van der Waals surface area contributed by atoms with Crippen LogP contribution in [0.15, 0.2) is 65.7 Å². The van der Waals surface area contributed by atoms with Gasteiger partial charge in [-0.15, -0.1) is 0 Å². The maximum Gasteiger partial charge on any atom is 0.264 e. The second kappa shape index (κ2) is 5.47. The Bertz CT molecular complexity index is 986. The summed E-state index contributed by atoms with van der Waals surface area (Å²) in [6.45, 7) is 0. The SMILES string of the molecule is N#Cc1ccccc1NS(=O)(=O)c1cccc2cccnc12. The molecule has 0 bridgehead atoms. The number of nitrogens with zero attached hydrogens (tertiary/aromatic N) is 2. The van der Waals surface area contributed by atoms with Crippen molar-refractivity contribution in [2.24, 2.45) is 0 Å². The van der Waals surface area contributed by atoms with Gasteiger partial charge in [-0.2, -0.15) is 5.26 Å². The first-order valence-electron chi connectivity index (χ1n) is 6.47. The van der Waals surface area contributed by atoms with Gasteiger partial charge in [-0.05, 0) is 24.3 Å². The molecular formula is C16H11N3O2S. The van der Waals surface area contributed by atoms with Crippen molar-refractivity contribution >= 4 is 26.6 Å². The average molecular weight is 309 g/mol. The van der Waals surface area contributed by atoms with Crippen molar-refractivity contribution in [1.82, 2.24) is 4.98 Å². The summed E-state index contributed by atoms with van der Waals surface area (Å²) in [7, 11) is -3.84. The highest BCUT2D eigenvalue weighted by Gasteiger charge is 2.19. The van der Waals surface area contributed by atoms with Crippen molar-refractivity contribution in [2.45, 2.75) is 4.90 Å². The van der Waals surface area contributed by atoms with Gasteiger partial charge in [0.15, 0.2) is 0 Å². The van der Waals surface area contributed by atoms with Crippen LogP contribution in [0.3, 0.4) is 0 Å². The van der Waals surface area contributed by atoms with Crippen LogP contribution in [0, 0.1) is 11.3 Å². The Morgan fingerprint density at radius 2 is 1.77 bits per heavy atom. The van der Waals surface area contributed by atoms with E-state index in [2.05, 4.69) is 9.71 Å². The molecule has 0 aliphatic heterocycles. The Kier molecular flexibility index (Phi) is 3.49. The Morgan fingerprint density at radius 1 is 1.00 bits per heavy atom. The number of nitriles is 1. The fourth-order valence-electron chi connectivity index (χ4n) is 2.16. The Balaban J connectivity index is 2.12. The van der Waals surface area contributed by atoms with Crippen molar-refractivity contribution in [1.29, 1.82) is 5.26 Å². The van der Waals surface area contributed by atoms with E-state index in [0.717, 1.165) is 5.39 Å². The number of rotatable bonds is 3. The fourth-order valence-corrected chi connectivity index (χ4v) is 3.42. The molecule has 22 heavy (non-hydrogen) atoms. The minimum absolute atomic E-state index is 0.0818. The summed E-state index contributed by atoms with van der Waals surface area (Å²) in [6.07, 6.45) is 1.55. The molecule has 3 aromatic rings. The predicted molar refractivity (Wildman–Crippen MR) is 83.7 cm³/mol. The molecule has 1 aromatic heterocycles. The van der Waals surface area contributed by atoms with Crippen molar-refractivity contribution in [2.75, 3.05) is 4.72 Å². The van der Waals surface area contributed by atoms with Crippen LogP contribution >= 0.6 is 0 Å². The molecule has 3 rings (SSSR count). The second-order valence-corrected chi connectivity index (χ2v) is 6.24. The molecule has 0 saturated carbocycles. The van der Waals surface area contributed by atoms with Gasteiger partial charge in [-0.3, -0.25) is 9.71 Å². The van der Waals surface area contributed by atoms with Gasteiger partial charge in [0, 0.05) is 11.6 Å². The van der Waals surface area contributed by atoms with Gasteiger partial charge in [-0.1, -0.05) is 30.3 Å². The summed E-state index contributed by atoms with van der Waals surface area (Å²) in [4.78, 5) is 4.23. The summed E-state index contributed by atoms with van der Waals surface area (Å²) in [5.41, 5.74) is 0.907. The Morgan fingerprint density at radius 3 is 2.59 bits per heavy atom. The van der Waals surface area contributed by atoms with Gasteiger partial charge in [0.2, 0.25) is 0 Å². The van der Waals surface area contributed by atoms with Gasteiger partial charge >= 0.3 is 0 Å². The number of hydrogen-bond acceptors (Lipinski definition) is 4. The second-order valence-electron chi connectivity index (χ2n) is 4.59. The Hall–Kier alpha value is -2.91. The van der Waals surface area contributed by atoms with Crippen LogP contribution in [0.1, 0.15) is 5.56 Å². The monoisotopic (exact) mass is 309 g/mol. The first-order chi connectivity index (χ1) is 10.6. The number of benzene rings is 2. The molecule has 0 fully saturated rings. The van der Waals surface area contributed by atoms with E-state index in [1.807, 2.05) is 6.07 Å². The lowest BCUT2D eigenvalue weighted by Gasteiger charge is -2.10. The van der Waals surface area contributed by atoms with E-state index in [4.69, 9.17) is 5.26 Å². The van der Waals surface area contributed by atoms with Crippen LogP contribution in [-0.2, 0) is 10.0 Å². The predicted octanol–water partition coefficient (Wildman–Crippen LogP) is 2.91. The summed E-state index contributed by atoms with van der Waals surface area (Å²) < 4.78 is 27.7. The fraction of sp³-hybridized carbons (Fsp3) is 0. The van der Waals surface area contributed by atoms with E-state index in [9.17, 15) is 8.42 Å². The van der Waals surface area contributed by atoms with Crippen LogP contribution in [0.5, 0.6) is 0 Å². The zero-order valence-electron chi connectivity index (χ0n) is 11.4. The lowest BCUT2D eigenvalue weighted by molar-refractivity contribution is 0.602. The van der Waals surface area contributed by atoms with E-state index in [-0.39, 0.29) is 16.1 Å². The first kappa shape index (κ1) is 14.0. The van der Waals surface area contributed by atoms with Crippen molar-refractivity contribution in [3.8, 4) is 6.07 Å². The molecule has 0 spiro atoms. The molecular weight excluding hydrogens is 298 g/mol. The topological polar surface area (TPSA) is 82.9 Å². The molecule has 0 unspecified atom stereocenters. The van der Waals surface area contributed by atoms with Crippen molar-refractivity contribution in [3.63, 3.8) is 0 Å². The number of sulfonamides is 1. The quantitative estimate of drug-likeness (QED) is 0.806. The first-order valence-corrected chi connectivity index (χ1v) is 7.96. The van der Waals surface area contributed by atoms with E-state index in [1.54, 1.807) is 54.7 Å². The van der Waals surface area contributed by atoms with E-state index in [1.165, 1.54) is 6.07 Å². The highest BCUT2D eigenvalue weighted by Crippen LogP contribution is 2.24. The molecule has 5 nitrogen and oxygen atoms in total. The summed E-state index contributed by atoms with van der Waals surface area (Å²) in [5.74, 6) is 0. The number of nitrogens with one attached hydrogen (secondary N) is 1. The van der Waals surface area contributed by atoms with E-state index in [0.29, 0.717) is 5.52 Å². The summed E-state index contributed by atoms with van der Waals surface area (Å²) in [5, 5.41) is 9.80. The Labute approximate surface area is 127 Å². The molecule has 0 radical (unpaired) electrons.